The molecule has 1 amide bonds. The molecule has 3 rings (SSSR count). The van der Waals surface area contributed by atoms with Crippen molar-refractivity contribution in [2.45, 2.75) is 6.42 Å². The second-order valence-corrected chi connectivity index (χ2v) is 5.47. The van der Waals surface area contributed by atoms with Gasteiger partial charge in [0.15, 0.2) is 12.4 Å². The molecule has 0 aliphatic rings. The number of benzene rings is 2. The number of para-hydroxylation sites is 3. The molecule has 0 atom stereocenters. The Labute approximate surface area is 143 Å². The van der Waals surface area contributed by atoms with Gasteiger partial charge in [0.05, 0.1) is 4.92 Å². The number of hydrogen-bond acceptors (Lipinski definition) is 4. The lowest BCUT2D eigenvalue weighted by Gasteiger charge is -2.07. The van der Waals surface area contributed by atoms with Gasteiger partial charge in [-0.1, -0.05) is 30.3 Å². The third-order valence-corrected chi connectivity index (χ3v) is 3.81. The van der Waals surface area contributed by atoms with Crippen LogP contribution < -0.4 is 10.1 Å². The van der Waals surface area contributed by atoms with E-state index in [0.717, 1.165) is 16.5 Å². The second-order valence-electron chi connectivity index (χ2n) is 5.47. The molecular formula is C18H17N3O4. The highest BCUT2D eigenvalue weighted by atomic mass is 16.6. The molecule has 0 aliphatic carbocycles. The number of hydrogen-bond donors (Lipinski definition) is 2. The first-order valence-electron chi connectivity index (χ1n) is 7.83. The summed E-state index contributed by atoms with van der Waals surface area (Å²) >= 11 is 0. The first-order chi connectivity index (χ1) is 12.1. The lowest BCUT2D eigenvalue weighted by atomic mass is 10.1. The van der Waals surface area contributed by atoms with Gasteiger partial charge >= 0.3 is 5.69 Å². The Hall–Kier alpha value is -3.35. The number of nitrogens with one attached hydrogen (secondary N) is 2. The first kappa shape index (κ1) is 16.5. The number of ether oxygens (including phenoxy) is 1. The fraction of sp³-hybridized carbons (Fsp3) is 0.167. The summed E-state index contributed by atoms with van der Waals surface area (Å²) in [5, 5.41) is 14.8. The SMILES string of the molecule is O=C(COc1ccccc1[N+](=O)[O-])NCCc1c[nH]c2ccccc12. The monoisotopic (exact) mass is 339 g/mol. The van der Waals surface area contributed by atoms with Crippen LogP contribution in [0.5, 0.6) is 5.75 Å². The molecule has 0 aliphatic heterocycles. The van der Waals surface area contributed by atoms with Crippen molar-refractivity contribution < 1.29 is 14.5 Å². The molecule has 128 valence electrons. The summed E-state index contributed by atoms with van der Waals surface area (Å²) in [5.41, 5.74) is 2.02. The maximum atomic E-state index is 11.9. The number of rotatable bonds is 7. The van der Waals surface area contributed by atoms with Crippen LogP contribution in [0.2, 0.25) is 0 Å². The Morgan fingerprint density at radius 1 is 1.16 bits per heavy atom. The molecule has 2 N–H and O–H groups in total. The average molecular weight is 339 g/mol. The minimum atomic E-state index is -0.537. The number of carbonyl (C=O) groups is 1. The van der Waals surface area contributed by atoms with E-state index in [9.17, 15) is 14.9 Å². The van der Waals surface area contributed by atoms with Crippen LogP contribution in [0.4, 0.5) is 5.69 Å². The third kappa shape index (κ3) is 3.95. The second kappa shape index (κ2) is 7.48. The van der Waals surface area contributed by atoms with Crippen LogP contribution in [0.15, 0.2) is 54.7 Å². The Morgan fingerprint density at radius 3 is 2.76 bits per heavy atom. The number of aromatic amines is 1. The minimum absolute atomic E-state index is 0.0827. The lowest BCUT2D eigenvalue weighted by Crippen LogP contribution is -2.30. The fourth-order valence-electron chi connectivity index (χ4n) is 2.60. The summed E-state index contributed by atoms with van der Waals surface area (Å²) in [7, 11) is 0. The molecule has 7 nitrogen and oxygen atoms in total. The highest BCUT2D eigenvalue weighted by Crippen LogP contribution is 2.25. The first-order valence-corrected chi connectivity index (χ1v) is 7.83. The number of nitro benzene ring substituents is 1. The van der Waals surface area contributed by atoms with Gasteiger partial charge in [-0.15, -0.1) is 0 Å². The van der Waals surface area contributed by atoms with Crippen molar-refractivity contribution in [2.24, 2.45) is 0 Å². The zero-order valence-corrected chi connectivity index (χ0v) is 13.4. The molecule has 7 heteroatoms. The molecule has 0 saturated heterocycles. The molecule has 2 aromatic carbocycles. The number of nitrogens with zero attached hydrogens (tertiary/aromatic N) is 1. The van der Waals surface area contributed by atoms with E-state index in [2.05, 4.69) is 10.3 Å². The summed E-state index contributed by atoms with van der Waals surface area (Å²) in [6, 6.07) is 13.9. The summed E-state index contributed by atoms with van der Waals surface area (Å²) in [5.74, 6) is -0.239. The number of aromatic nitrogens is 1. The van der Waals surface area contributed by atoms with E-state index in [4.69, 9.17) is 4.74 Å². The van der Waals surface area contributed by atoms with Gasteiger partial charge in [-0.2, -0.15) is 0 Å². The normalized spacial score (nSPS) is 10.6. The van der Waals surface area contributed by atoms with Gasteiger partial charge in [-0.3, -0.25) is 14.9 Å². The van der Waals surface area contributed by atoms with Crippen molar-refractivity contribution in [3.8, 4) is 5.75 Å². The van der Waals surface area contributed by atoms with E-state index >= 15 is 0 Å². The molecule has 0 radical (unpaired) electrons. The Bertz CT molecular complexity index is 904. The highest BCUT2D eigenvalue weighted by Gasteiger charge is 2.14. The van der Waals surface area contributed by atoms with E-state index in [0.29, 0.717) is 13.0 Å². The maximum Gasteiger partial charge on any atom is 0.310 e. The Balaban J connectivity index is 1.50. The summed E-state index contributed by atoms with van der Waals surface area (Å²) in [6.45, 7) is 0.194. The van der Waals surface area contributed by atoms with Crippen LogP contribution in [0.25, 0.3) is 10.9 Å². The van der Waals surface area contributed by atoms with Crippen LogP contribution in [0.1, 0.15) is 5.56 Å². The number of H-pyrrole nitrogens is 1. The molecule has 0 bridgehead atoms. The lowest BCUT2D eigenvalue weighted by molar-refractivity contribution is -0.385. The molecule has 25 heavy (non-hydrogen) atoms. The highest BCUT2D eigenvalue weighted by molar-refractivity contribution is 5.83. The number of fused-ring (bicyclic) bond motifs is 1. The van der Waals surface area contributed by atoms with Gasteiger partial charge in [0.1, 0.15) is 0 Å². The average Bonchev–Trinajstić information content (AvgIpc) is 3.03. The molecule has 0 fully saturated rings. The summed E-state index contributed by atoms with van der Waals surface area (Å²) in [6.07, 6.45) is 2.61. The van der Waals surface area contributed by atoms with Gasteiger partial charge in [-0.25, -0.2) is 0 Å². The number of amides is 1. The van der Waals surface area contributed by atoms with Gasteiger partial charge in [0, 0.05) is 29.7 Å². The quantitative estimate of drug-likeness (QED) is 0.511. The van der Waals surface area contributed by atoms with Crippen molar-refractivity contribution in [3.63, 3.8) is 0 Å². The predicted octanol–water partition coefficient (Wildman–Crippen LogP) is 2.81. The fourth-order valence-corrected chi connectivity index (χ4v) is 2.60. The summed E-state index contributed by atoms with van der Waals surface area (Å²) < 4.78 is 5.26. The predicted molar refractivity (Wildman–Crippen MR) is 93.6 cm³/mol. The van der Waals surface area contributed by atoms with Gasteiger partial charge in [-0.05, 0) is 24.1 Å². The van der Waals surface area contributed by atoms with Gasteiger partial charge < -0.3 is 15.0 Å². The standard InChI is InChI=1S/C18H17N3O4/c22-18(12-25-17-8-4-3-7-16(17)21(23)24)19-10-9-13-11-20-15-6-2-1-5-14(13)15/h1-8,11,20H,9-10,12H2,(H,19,22). The smallest absolute Gasteiger partial charge is 0.310 e. The molecule has 0 unspecified atom stereocenters. The minimum Gasteiger partial charge on any atom is -0.477 e. The van der Waals surface area contributed by atoms with Crippen molar-refractivity contribution in [1.29, 1.82) is 0 Å². The Kier molecular flexibility index (Phi) is 4.94. The number of carbonyl (C=O) groups excluding carboxylic acids is 1. The molecular weight excluding hydrogens is 322 g/mol. The van der Waals surface area contributed by atoms with Crippen LogP contribution in [-0.2, 0) is 11.2 Å². The van der Waals surface area contributed by atoms with Crippen LogP contribution in [0, 0.1) is 10.1 Å². The zero-order chi connectivity index (χ0) is 17.6. The van der Waals surface area contributed by atoms with Crippen LogP contribution >= 0.6 is 0 Å². The van der Waals surface area contributed by atoms with E-state index in [1.54, 1.807) is 12.1 Å². The molecule has 0 spiro atoms. The van der Waals surface area contributed by atoms with Crippen molar-refractivity contribution in [1.82, 2.24) is 10.3 Å². The molecule has 1 aromatic heterocycles. The van der Waals surface area contributed by atoms with Gasteiger partial charge in [0.25, 0.3) is 5.91 Å². The summed E-state index contributed by atoms with van der Waals surface area (Å²) in [4.78, 5) is 25.4. The maximum absolute atomic E-state index is 11.9. The largest absolute Gasteiger partial charge is 0.477 e. The van der Waals surface area contributed by atoms with Crippen LogP contribution in [0.3, 0.4) is 0 Å². The van der Waals surface area contributed by atoms with Crippen molar-refractivity contribution in [3.05, 3.63) is 70.4 Å². The van der Waals surface area contributed by atoms with Crippen LogP contribution in [-0.4, -0.2) is 29.0 Å². The van der Waals surface area contributed by atoms with Crippen molar-refractivity contribution in [2.75, 3.05) is 13.2 Å². The third-order valence-electron chi connectivity index (χ3n) is 3.81. The molecule has 0 saturated carbocycles. The van der Waals surface area contributed by atoms with E-state index in [1.165, 1.54) is 12.1 Å². The van der Waals surface area contributed by atoms with Crippen molar-refractivity contribution >= 4 is 22.5 Å². The zero-order valence-electron chi connectivity index (χ0n) is 13.4. The van der Waals surface area contributed by atoms with E-state index in [-0.39, 0.29) is 24.0 Å². The molecule has 3 aromatic rings. The molecule has 1 heterocycles. The topological polar surface area (TPSA) is 97.3 Å². The van der Waals surface area contributed by atoms with E-state index < -0.39 is 4.92 Å². The van der Waals surface area contributed by atoms with E-state index in [1.807, 2.05) is 30.5 Å². The Morgan fingerprint density at radius 2 is 1.92 bits per heavy atom. The van der Waals surface area contributed by atoms with Gasteiger partial charge in [0.2, 0.25) is 0 Å². The number of nitro groups is 1.